The molecular formula is C10H15NS. The first-order valence-electron chi connectivity index (χ1n) is 4.60. The minimum Gasteiger partial charge on any atom is -0.330 e. The number of nitrogens with two attached hydrogens (primary N) is 1. The lowest BCUT2D eigenvalue weighted by Gasteiger charge is -2.21. The summed E-state index contributed by atoms with van der Waals surface area (Å²) < 4.78 is 0. The lowest BCUT2D eigenvalue weighted by molar-refractivity contribution is 0.565. The first kappa shape index (κ1) is 8.27. The van der Waals surface area contributed by atoms with Gasteiger partial charge in [-0.2, -0.15) is 0 Å². The van der Waals surface area contributed by atoms with Crippen LogP contribution in [0.4, 0.5) is 0 Å². The third-order valence-electron chi connectivity index (χ3n) is 2.75. The fraction of sp³-hybridized carbons (Fsp3) is 0.600. The number of rotatable bonds is 1. The van der Waals surface area contributed by atoms with E-state index in [-0.39, 0.29) is 0 Å². The Hall–Kier alpha value is -0.340. The topological polar surface area (TPSA) is 26.0 Å². The summed E-state index contributed by atoms with van der Waals surface area (Å²) in [6.07, 6.45) is 3.90. The molecule has 2 N–H and O–H groups in total. The Balaban J connectivity index is 2.41. The molecule has 1 nitrogen and oxygen atoms in total. The summed E-state index contributed by atoms with van der Waals surface area (Å²) in [6, 6.07) is 0. The van der Waals surface area contributed by atoms with Gasteiger partial charge in [0.15, 0.2) is 0 Å². The second-order valence-corrected chi connectivity index (χ2v) is 4.54. The third-order valence-corrected chi connectivity index (χ3v) is 3.93. The molecule has 0 amide bonds. The van der Waals surface area contributed by atoms with Crippen molar-refractivity contribution >= 4 is 11.3 Å². The molecule has 0 aromatic carbocycles. The molecule has 1 aliphatic rings. The zero-order valence-electron chi connectivity index (χ0n) is 7.47. The fourth-order valence-corrected chi connectivity index (χ4v) is 3.30. The van der Waals surface area contributed by atoms with Gasteiger partial charge in [-0.05, 0) is 55.2 Å². The van der Waals surface area contributed by atoms with E-state index in [2.05, 4.69) is 12.3 Å². The van der Waals surface area contributed by atoms with E-state index in [0.717, 1.165) is 6.54 Å². The molecule has 1 aliphatic carbocycles. The van der Waals surface area contributed by atoms with Crippen LogP contribution in [0.1, 0.15) is 34.8 Å². The van der Waals surface area contributed by atoms with Crippen LogP contribution >= 0.6 is 11.3 Å². The lowest BCUT2D eigenvalue weighted by atomic mass is 9.86. The van der Waals surface area contributed by atoms with Crippen molar-refractivity contribution in [2.75, 3.05) is 6.54 Å². The van der Waals surface area contributed by atoms with E-state index in [9.17, 15) is 0 Å². The average Bonchev–Trinajstić information content (AvgIpc) is 2.48. The van der Waals surface area contributed by atoms with Gasteiger partial charge in [0.1, 0.15) is 0 Å². The normalized spacial score (nSPS) is 22.3. The van der Waals surface area contributed by atoms with Gasteiger partial charge in [-0.1, -0.05) is 0 Å². The molecule has 1 heterocycles. The van der Waals surface area contributed by atoms with Gasteiger partial charge in [0.2, 0.25) is 0 Å². The zero-order valence-corrected chi connectivity index (χ0v) is 8.29. The molecule has 0 saturated heterocycles. The standard InChI is InChI=1S/C10H15NS/c1-7-6-12-9-4-2-3-8(5-11)10(7)9/h6,8H,2-5,11H2,1H3/t8-/m1/s1. The maximum Gasteiger partial charge on any atom is 0.00832 e. The Bertz CT molecular complexity index is 277. The monoisotopic (exact) mass is 181 g/mol. The molecule has 0 bridgehead atoms. The highest BCUT2D eigenvalue weighted by Crippen LogP contribution is 2.36. The quantitative estimate of drug-likeness (QED) is 0.707. The fourth-order valence-electron chi connectivity index (χ4n) is 2.14. The van der Waals surface area contributed by atoms with Crippen LogP contribution in [0.25, 0.3) is 0 Å². The lowest BCUT2D eigenvalue weighted by Crippen LogP contribution is -2.17. The predicted molar refractivity (Wildman–Crippen MR) is 53.8 cm³/mol. The largest absolute Gasteiger partial charge is 0.330 e. The van der Waals surface area contributed by atoms with Crippen molar-refractivity contribution in [1.82, 2.24) is 0 Å². The van der Waals surface area contributed by atoms with E-state index in [0.29, 0.717) is 5.92 Å². The summed E-state index contributed by atoms with van der Waals surface area (Å²) in [4.78, 5) is 1.59. The molecule has 0 unspecified atom stereocenters. The summed E-state index contributed by atoms with van der Waals surface area (Å²) in [7, 11) is 0. The van der Waals surface area contributed by atoms with Gasteiger partial charge in [-0.25, -0.2) is 0 Å². The molecule has 12 heavy (non-hydrogen) atoms. The Morgan fingerprint density at radius 3 is 3.25 bits per heavy atom. The summed E-state index contributed by atoms with van der Waals surface area (Å²) >= 11 is 1.92. The van der Waals surface area contributed by atoms with Crippen LogP contribution in [0, 0.1) is 6.92 Å². The molecule has 0 fully saturated rings. The summed E-state index contributed by atoms with van der Waals surface area (Å²) in [6.45, 7) is 3.04. The Labute approximate surface area is 77.6 Å². The van der Waals surface area contributed by atoms with Crippen molar-refractivity contribution in [2.24, 2.45) is 5.73 Å². The summed E-state index contributed by atoms with van der Waals surface area (Å²) in [5.41, 5.74) is 8.79. The van der Waals surface area contributed by atoms with Gasteiger partial charge in [-0.15, -0.1) is 11.3 Å². The summed E-state index contributed by atoms with van der Waals surface area (Å²) in [5.74, 6) is 0.653. The first-order valence-corrected chi connectivity index (χ1v) is 5.48. The van der Waals surface area contributed by atoms with E-state index in [1.165, 1.54) is 24.8 Å². The first-order chi connectivity index (χ1) is 5.83. The van der Waals surface area contributed by atoms with Crippen LogP contribution in [0.2, 0.25) is 0 Å². The Kier molecular flexibility index (Phi) is 2.20. The SMILES string of the molecule is Cc1csc2c1[C@@H](CN)CCC2. The molecule has 1 atom stereocenters. The van der Waals surface area contributed by atoms with E-state index in [1.807, 2.05) is 11.3 Å². The van der Waals surface area contributed by atoms with Crippen LogP contribution in [0.15, 0.2) is 5.38 Å². The van der Waals surface area contributed by atoms with Crippen molar-refractivity contribution in [1.29, 1.82) is 0 Å². The average molecular weight is 181 g/mol. The maximum atomic E-state index is 5.75. The Morgan fingerprint density at radius 2 is 2.50 bits per heavy atom. The van der Waals surface area contributed by atoms with Gasteiger partial charge in [0, 0.05) is 4.88 Å². The highest BCUT2D eigenvalue weighted by Gasteiger charge is 2.21. The van der Waals surface area contributed by atoms with Gasteiger partial charge < -0.3 is 5.73 Å². The second-order valence-electron chi connectivity index (χ2n) is 3.58. The predicted octanol–water partition coefficient (Wildman–Crippen LogP) is 2.44. The van der Waals surface area contributed by atoms with E-state index in [4.69, 9.17) is 5.73 Å². The van der Waals surface area contributed by atoms with E-state index < -0.39 is 0 Å². The summed E-state index contributed by atoms with van der Waals surface area (Å²) in [5, 5.41) is 2.28. The van der Waals surface area contributed by atoms with Crippen molar-refractivity contribution in [3.63, 3.8) is 0 Å². The zero-order chi connectivity index (χ0) is 8.55. The number of hydrogen-bond acceptors (Lipinski definition) is 2. The molecule has 0 saturated carbocycles. The van der Waals surface area contributed by atoms with Gasteiger partial charge in [0.25, 0.3) is 0 Å². The molecule has 2 rings (SSSR count). The third kappa shape index (κ3) is 1.19. The van der Waals surface area contributed by atoms with Crippen LogP contribution < -0.4 is 5.73 Å². The van der Waals surface area contributed by atoms with Crippen molar-refractivity contribution in [3.05, 3.63) is 21.4 Å². The molecule has 0 radical (unpaired) electrons. The molecular weight excluding hydrogens is 166 g/mol. The molecule has 1 aromatic rings. The molecule has 0 aliphatic heterocycles. The number of aryl methyl sites for hydroxylation is 2. The number of hydrogen-bond donors (Lipinski definition) is 1. The smallest absolute Gasteiger partial charge is 0.00832 e. The van der Waals surface area contributed by atoms with Gasteiger partial charge >= 0.3 is 0 Å². The minimum absolute atomic E-state index is 0.653. The Morgan fingerprint density at radius 1 is 1.67 bits per heavy atom. The van der Waals surface area contributed by atoms with Crippen molar-refractivity contribution < 1.29 is 0 Å². The number of fused-ring (bicyclic) bond motifs is 1. The van der Waals surface area contributed by atoms with Crippen LogP contribution in [-0.4, -0.2) is 6.54 Å². The van der Waals surface area contributed by atoms with Crippen LogP contribution in [-0.2, 0) is 6.42 Å². The van der Waals surface area contributed by atoms with Crippen molar-refractivity contribution in [2.45, 2.75) is 32.1 Å². The second kappa shape index (κ2) is 3.19. The minimum atomic E-state index is 0.653. The van der Waals surface area contributed by atoms with E-state index >= 15 is 0 Å². The highest BCUT2D eigenvalue weighted by molar-refractivity contribution is 7.10. The molecule has 66 valence electrons. The van der Waals surface area contributed by atoms with Gasteiger partial charge in [-0.3, -0.25) is 0 Å². The molecule has 1 aromatic heterocycles. The van der Waals surface area contributed by atoms with Crippen molar-refractivity contribution in [3.8, 4) is 0 Å². The molecule has 0 spiro atoms. The van der Waals surface area contributed by atoms with E-state index in [1.54, 1.807) is 10.4 Å². The van der Waals surface area contributed by atoms with Crippen LogP contribution in [0.5, 0.6) is 0 Å². The molecule has 2 heteroatoms. The number of thiophene rings is 1. The van der Waals surface area contributed by atoms with Crippen LogP contribution in [0.3, 0.4) is 0 Å². The van der Waals surface area contributed by atoms with Gasteiger partial charge in [0.05, 0.1) is 0 Å². The highest BCUT2D eigenvalue weighted by atomic mass is 32.1. The maximum absolute atomic E-state index is 5.75.